The molecule has 24 heavy (non-hydrogen) atoms. The number of carbonyl (C=O) groups excluding carboxylic acids is 1. The van der Waals surface area contributed by atoms with Crippen LogP contribution in [0.1, 0.15) is 30.6 Å². The number of rotatable bonds is 5. The summed E-state index contributed by atoms with van der Waals surface area (Å²) in [6.07, 6.45) is 1.08. The van der Waals surface area contributed by atoms with Crippen LogP contribution in [0.2, 0.25) is 0 Å². The first kappa shape index (κ1) is 17.2. The lowest BCUT2D eigenvalue weighted by Crippen LogP contribution is -2.49. The Bertz CT molecular complexity index is 555. The van der Waals surface area contributed by atoms with Crippen LogP contribution in [0.15, 0.2) is 24.3 Å². The second-order valence-electron chi connectivity index (χ2n) is 7.21. The van der Waals surface area contributed by atoms with Crippen molar-refractivity contribution in [2.45, 2.75) is 26.3 Å². The average molecular weight is 331 g/mol. The normalized spacial score (nSPS) is 22.1. The van der Waals surface area contributed by atoms with E-state index < -0.39 is 0 Å². The molecule has 1 aromatic rings. The number of hydrogen-bond acceptors (Lipinski definition) is 4. The van der Waals surface area contributed by atoms with E-state index in [-0.39, 0.29) is 5.91 Å². The maximum atomic E-state index is 12.8. The minimum absolute atomic E-state index is 0.127. The van der Waals surface area contributed by atoms with E-state index in [9.17, 15) is 4.79 Å². The van der Waals surface area contributed by atoms with Gasteiger partial charge >= 0.3 is 0 Å². The van der Waals surface area contributed by atoms with Crippen molar-refractivity contribution < 1.29 is 9.53 Å². The Morgan fingerprint density at radius 3 is 2.83 bits per heavy atom. The van der Waals surface area contributed by atoms with Gasteiger partial charge in [-0.1, -0.05) is 19.9 Å². The Labute approximate surface area is 145 Å². The minimum atomic E-state index is 0.127. The predicted octanol–water partition coefficient (Wildman–Crippen LogP) is 1.84. The second kappa shape index (κ2) is 7.99. The van der Waals surface area contributed by atoms with E-state index in [0.717, 1.165) is 57.0 Å². The van der Waals surface area contributed by atoms with E-state index in [1.165, 1.54) is 0 Å². The minimum Gasteiger partial charge on any atom is -0.493 e. The van der Waals surface area contributed by atoms with Crippen molar-refractivity contribution in [1.29, 1.82) is 0 Å². The van der Waals surface area contributed by atoms with Crippen molar-refractivity contribution in [3.05, 3.63) is 29.8 Å². The summed E-state index contributed by atoms with van der Waals surface area (Å²) in [5.41, 5.74) is 0.734. The van der Waals surface area contributed by atoms with E-state index in [4.69, 9.17) is 4.74 Å². The number of benzene rings is 1. The molecule has 1 amide bonds. The van der Waals surface area contributed by atoms with E-state index in [1.54, 1.807) is 0 Å². The topological polar surface area (TPSA) is 44.8 Å². The highest BCUT2D eigenvalue weighted by atomic mass is 16.5. The largest absolute Gasteiger partial charge is 0.493 e. The number of ether oxygens (including phenoxy) is 1. The number of hydrogen-bond donors (Lipinski definition) is 1. The van der Waals surface area contributed by atoms with E-state index in [0.29, 0.717) is 18.6 Å². The van der Waals surface area contributed by atoms with Gasteiger partial charge in [0.2, 0.25) is 0 Å². The molecule has 1 N–H and O–H groups in total. The lowest BCUT2D eigenvalue weighted by atomic mass is 10.2. The molecule has 1 aromatic carbocycles. The van der Waals surface area contributed by atoms with Gasteiger partial charge in [-0.05, 0) is 30.5 Å². The van der Waals surface area contributed by atoms with Gasteiger partial charge in [-0.25, -0.2) is 0 Å². The first-order valence-corrected chi connectivity index (χ1v) is 9.10. The lowest BCUT2D eigenvalue weighted by Gasteiger charge is -2.32. The number of nitrogens with one attached hydrogen (secondary N) is 1. The third-order valence-corrected chi connectivity index (χ3v) is 4.78. The predicted molar refractivity (Wildman–Crippen MR) is 95.5 cm³/mol. The molecule has 2 heterocycles. The van der Waals surface area contributed by atoms with E-state index in [2.05, 4.69) is 24.1 Å². The maximum absolute atomic E-state index is 12.8. The van der Waals surface area contributed by atoms with Gasteiger partial charge < -0.3 is 15.0 Å². The molecule has 3 rings (SSSR count). The van der Waals surface area contributed by atoms with Gasteiger partial charge in [0, 0.05) is 50.9 Å². The van der Waals surface area contributed by atoms with Crippen LogP contribution in [0.25, 0.3) is 0 Å². The van der Waals surface area contributed by atoms with Gasteiger partial charge in [-0.15, -0.1) is 0 Å². The molecule has 0 aliphatic carbocycles. The van der Waals surface area contributed by atoms with Crippen LogP contribution in [-0.4, -0.2) is 67.6 Å². The Morgan fingerprint density at radius 1 is 1.29 bits per heavy atom. The molecule has 0 saturated carbocycles. The first-order valence-electron chi connectivity index (χ1n) is 9.10. The van der Waals surface area contributed by atoms with Crippen molar-refractivity contribution in [2.24, 2.45) is 5.92 Å². The Balaban J connectivity index is 1.59. The van der Waals surface area contributed by atoms with Crippen LogP contribution in [-0.2, 0) is 0 Å². The third-order valence-electron chi connectivity index (χ3n) is 4.78. The van der Waals surface area contributed by atoms with Crippen molar-refractivity contribution in [2.75, 3.05) is 45.9 Å². The molecular weight excluding hydrogens is 302 g/mol. The zero-order chi connectivity index (χ0) is 16.9. The molecule has 0 aromatic heterocycles. The molecule has 132 valence electrons. The summed E-state index contributed by atoms with van der Waals surface area (Å²) in [7, 11) is 0. The second-order valence-corrected chi connectivity index (χ2v) is 7.21. The van der Waals surface area contributed by atoms with Crippen molar-refractivity contribution >= 4 is 5.91 Å². The average Bonchev–Trinajstić information content (AvgIpc) is 3.10. The molecule has 1 unspecified atom stereocenters. The lowest BCUT2D eigenvalue weighted by molar-refractivity contribution is 0.0773. The van der Waals surface area contributed by atoms with E-state index in [1.807, 2.05) is 29.2 Å². The molecule has 2 saturated heterocycles. The fourth-order valence-corrected chi connectivity index (χ4v) is 3.44. The van der Waals surface area contributed by atoms with Crippen LogP contribution >= 0.6 is 0 Å². The highest BCUT2D eigenvalue weighted by Crippen LogP contribution is 2.21. The van der Waals surface area contributed by atoms with Crippen molar-refractivity contribution in [3.63, 3.8) is 0 Å². The molecule has 5 heteroatoms. The van der Waals surface area contributed by atoms with Gasteiger partial charge in [0.1, 0.15) is 5.75 Å². The summed E-state index contributed by atoms with van der Waals surface area (Å²) in [5.74, 6) is 1.39. The van der Waals surface area contributed by atoms with Crippen LogP contribution in [0.5, 0.6) is 5.75 Å². The van der Waals surface area contributed by atoms with Gasteiger partial charge in [0.15, 0.2) is 0 Å². The van der Waals surface area contributed by atoms with Crippen LogP contribution in [0.3, 0.4) is 0 Å². The SMILES string of the molecule is CC(C)COc1cccc(C(=O)N2CCC(N3CCNCC3)C2)c1. The Hall–Kier alpha value is -1.59. The zero-order valence-electron chi connectivity index (χ0n) is 14.8. The molecule has 0 radical (unpaired) electrons. The molecule has 2 aliphatic rings. The van der Waals surface area contributed by atoms with Crippen molar-refractivity contribution in [1.82, 2.24) is 15.1 Å². The van der Waals surface area contributed by atoms with Crippen LogP contribution in [0, 0.1) is 5.92 Å². The zero-order valence-corrected chi connectivity index (χ0v) is 14.8. The fourth-order valence-electron chi connectivity index (χ4n) is 3.44. The Morgan fingerprint density at radius 2 is 2.08 bits per heavy atom. The number of likely N-dealkylation sites (tertiary alicyclic amines) is 1. The molecule has 2 aliphatic heterocycles. The summed E-state index contributed by atoms with van der Waals surface area (Å²) in [5, 5.41) is 3.39. The highest BCUT2D eigenvalue weighted by molar-refractivity contribution is 5.94. The Kier molecular flexibility index (Phi) is 5.74. The molecule has 0 bridgehead atoms. The number of nitrogens with zero attached hydrogens (tertiary/aromatic N) is 2. The smallest absolute Gasteiger partial charge is 0.254 e. The molecule has 5 nitrogen and oxygen atoms in total. The first-order chi connectivity index (χ1) is 11.6. The third kappa shape index (κ3) is 4.28. The summed E-state index contributed by atoms with van der Waals surface area (Å²) < 4.78 is 5.75. The van der Waals surface area contributed by atoms with Crippen LogP contribution in [0.4, 0.5) is 0 Å². The quantitative estimate of drug-likeness (QED) is 0.894. The maximum Gasteiger partial charge on any atom is 0.254 e. The monoisotopic (exact) mass is 331 g/mol. The summed E-state index contributed by atoms with van der Waals surface area (Å²) >= 11 is 0. The summed E-state index contributed by atoms with van der Waals surface area (Å²) in [4.78, 5) is 17.3. The summed E-state index contributed by atoms with van der Waals surface area (Å²) in [6.45, 7) is 10.9. The molecule has 0 spiro atoms. The van der Waals surface area contributed by atoms with Crippen LogP contribution < -0.4 is 10.1 Å². The summed E-state index contributed by atoms with van der Waals surface area (Å²) in [6, 6.07) is 8.11. The number of amides is 1. The van der Waals surface area contributed by atoms with Gasteiger partial charge in [0.25, 0.3) is 5.91 Å². The molecular formula is C19H29N3O2. The number of piperazine rings is 1. The van der Waals surface area contributed by atoms with E-state index >= 15 is 0 Å². The molecule has 1 atom stereocenters. The van der Waals surface area contributed by atoms with Gasteiger partial charge in [-0.2, -0.15) is 0 Å². The van der Waals surface area contributed by atoms with Gasteiger partial charge in [0.05, 0.1) is 6.61 Å². The van der Waals surface area contributed by atoms with Crippen molar-refractivity contribution in [3.8, 4) is 5.75 Å². The highest BCUT2D eigenvalue weighted by Gasteiger charge is 2.31. The fraction of sp³-hybridized carbons (Fsp3) is 0.632. The number of carbonyl (C=O) groups is 1. The standard InChI is InChI=1S/C19H29N3O2/c1-15(2)14-24-18-5-3-4-16(12-18)19(23)22-9-6-17(13-22)21-10-7-20-8-11-21/h3-5,12,15,17,20H,6-11,13-14H2,1-2H3. The molecule has 2 fully saturated rings. The van der Waals surface area contributed by atoms with Gasteiger partial charge in [-0.3, -0.25) is 9.69 Å².